The third-order valence-electron chi connectivity index (χ3n) is 0.954. The first-order valence-electron chi connectivity index (χ1n) is 2.79. The van der Waals surface area contributed by atoms with Crippen molar-refractivity contribution in [2.24, 2.45) is 5.41 Å². The van der Waals surface area contributed by atoms with Gasteiger partial charge in [0.1, 0.15) is 0 Å². The molecule has 2 heteroatoms. The molecule has 0 radical (unpaired) electrons. The Morgan fingerprint density at radius 3 is 2.00 bits per heavy atom. The van der Waals surface area contributed by atoms with Crippen LogP contribution in [-0.2, 0) is 4.79 Å². The number of carbonyl (C=O) groups is 1. The highest BCUT2D eigenvalue weighted by Crippen LogP contribution is 2.14. The van der Waals surface area contributed by atoms with Crippen LogP contribution in [0.4, 0.5) is 0 Å². The second-order valence-corrected chi connectivity index (χ2v) is 3.16. The van der Waals surface area contributed by atoms with Gasteiger partial charge in [-0.1, -0.05) is 32.4 Å². The van der Waals surface area contributed by atoms with Gasteiger partial charge in [-0.05, 0) is 6.08 Å². The first kappa shape index (κ1) is 8.70. The monoisotopic (exact) mass is 146 g/mol. The Hall–Kier alpha value is -0.300. The molecule has 0 amide bonds. The Kier molecular flexibility index (Phi) is 2.92. The molecule has 0 heterocycles. The predicted octanol–water partition coefficient (Wildman–Crippen LogP) is 2.35. The van der Waals surface area contributed by atoms with Gasteiger partial charge in [0.25, 0.3) is 0 Å². The van der Waals surface area contributed by atoms with Crippen LogP contribution in [-0.4, -0.2) is 5.78 Å². The van der Waals surface area contributed by atoms with E-state index >= 15 is 0 Å². The molecule has 1 nitrogen and oxygen atoms in total. The zero-order valence-corrected chi connectivity index (χ0v) is 6.70. The van der Waals surface area contributed by atoms with Crippen LogP contribution in [0.1, 0.15) is 20.8 Å². The smallest absolute Gasteiger partial charge is 0.161 e. The summed E-state index contributed by atoms with van der Waals surface area (Å²) in [5.74, 6) is 0.0532. The number of halogens is 1. The zero-order chi connectivity index (χ0) is 7.49. The molecule has 0 bridgehead atoms. The van der Waals surface area contributed by atoms with E-state index in [-0.39, 0.29) is 11.2 Å². The van der Waals surface area contributed by atoms with Crippen molar-refractivity contribution in [1.82, 2.24) is 0 Å². The molecule has 0 unspecified atom stereocenters. The lowest BCUT2D eigenvalue weighted by Crippen LogP contribution is -2.16. The van der Waals surface area contributed by atoms with E-state index in [0.717, 1.165) is 0 Å². The quantitative estimate of drug-likeness (QED) is 0.519. The Bertz CT molecular complexity index is 130. The zero-order valence-electron chi connectivity index (χ0n) is 5.94. The van der Waals surface area contributed by atoms with E-state index in [9.17, 15) is 4.79 Å². The Morgan fingerprint density at radius 2 is 1.89 bits per heavy atom. The molecule has 9 heavy (non-hydrogen) atoms. The number of hydrogen-bond donors (Lipinski definition) is 0. The normalized spacial score (nSPS) is 12.4. The van der Waals surface area contributed by atoms with E-state index in [2.05, 4.69) is 0 Å². The Labute approximate surface area is 60.7 Å². The summed E-state index contributed by atoms with van der Waals surface area (Å²) in [5.41, 5.74) is 0.943. The average molecular weight is 147 g/mol. The van der Waals surface area contributed by atoms with Crippen LogP contribution in [0.25, 0.3) is 0 Å². The van der Waals surface area contributed by atoms with Gasteiger partial charge in [-0.25, -0.2) is 0 Å². The summed E-state index contributed by atoms with van der Waals surface area (Å²) in [6, 6.07) is 0. The lowest BCUT2D eigenvalue weighted by Gasteiger charge is -2.12. The number of ketones is 1. The number of rotatable bonds is 1. The van der Waals surface area contributed by atoms with Crippen LogP contribution in [0.15, 0.2) is 11.6 Å². The fourth-order valence-corrected chi connectivity index (χ4v) is 0.422. The maximum Gasteiger partial charge on any atom is 0.161 e. The molecule has 52 valence electrons. The van der Waals surface area contributed by atoms with Crippen LogP contribution in [0, 0.1) is 5.41 Å². The molecule has 0 spiro atoms. The van der Waals surface area contributed by atoms with Crippen molar-refractivity contribution in [2.75, 3.05) is 0 Å². The van der Waals surface area contributed by atoms with E-state index in [1.165, 1.54) is 11.6 Å². The molecule has 0 saturated carbocycles. The van der Waals surface area contributed by atoms with Crippen molar-refractivity contribution in [3.63, 3.8) is 0 Å². The summed E-state index contributed by atoms with van der Waals surface area (Å²) in [4.78, 5) is 10.9. The Balaban J connectivity index is 4.06. The van der Waals surface area contributed by atoms with E-state index < -0.39 is 0 Å². The maximum absolute atomic E-state index is 10.9. The van der Waals surface area contributed by atoms with Crippen LogP contribution < -0.4 is 0 Å². The summed E-state index contributed by atoms with van der Waals surface area (Å²) in [6.07, 6.45) is 1.38. The predicted molar refractivity (Wildman–Crippen MR) is 39.5 cm³/mol. The van der Waals surface area contributed by atoms with Crippen molar-refractivity contribution in [2.45, 2.75) is 20.8 Å². The van der Waals surface area contributed by atoms with E-state index in [4.69, 9.17) is 11.6 Å². The van der Waals surface area contributed by atoms with Crippen molar-refractivity contribution in [1.29, 1.82) is 0 Å². The maximum atomic E-state index is 10.9. The first-order chi connectivity index (χ1) is 3.98. The highest BCUT2D eigenvalue weighted by molar-refractivity contribution is 6.27. The number of hydrogen-bond acceptors (Lipinski definition) is 1. The minimum atomic E-state index is -0.300. The molecule has 0 aliphatic rings. The van der Waals surface area contributed by atoms with Gasteiger partial charge in [-0.3, -0.25) is 4.79 Å². The van der Waals surface area contributed by atoms with Crippen molar-refractivity contribution >= 4 is 17.4 Å². The molecular weight excluding hydrogens is 136 g/mol. The number of carbonyl (C=O) groups excluding carboxylic acids is 1. The van der Waals surface area contributed by atoms with Gasteiger partial charge in [0, 0.05) is 11.0 Å². The third kappa shape index (κ3) is 3.31. The lowest BCUT2D eigenvalue weighted by molar-refractivity contribution is -0.121. The summed E-state index contributed by atoms with van der Waals surface area (Å²) in [6.45, 7) is 5.56. The SMILES string of the molecule is CC(C)(C)C(=O)/C=C\Cl. The highest BCUT2D eigenvalue weighted by atomic mass is 35.5. The van der Waals surface area contributed by atoms with Gasteiger partial charge in [0.05, 0.1) is 0 Å². The van der Waals surface area contributed by atoms with Crippen molar-refractivity contribution in [3.05, 3.63) is 11.6 Å². The summed E-state index contributed by atoms with van der Waals surface area (Å²) in [7, 11) is 0. The van der Waals surface area contributed by atoms with Gasteiger partial charge in [0.2, 0.25) is 0 Å². The third-order valence-corrected chi connectivity index (χ3v) is 1.08. The van der Waals surface area contributed by atoms with E-state index in [1.807, 2.05) is 20.8 Å². The van der Waals surface area contributed by atoms with Crippen LogP contribution in [0.2, 0.25) is 0 Å². The van der Waals surface area contributed by atoms with Crippen LogP contribution in [0.5, 0.6) is 0 Å². The van der Waals surface area contributed by atoms with Gasteiger partial charge in [0.15, 0.2) is 5.78 Å². The van der Waals surface area contributed by atoms with E-state index in [1.54, 1.807) is 0 Å². The van der Waals surface area contributed by atoms with Crippen LogP contribution in [0.3, 0.4) is 0 Å². The van der Waals surface area contributed by atoms with Gasteiger partial charge < -0.3 is 0 Å². The molecule has 0 N–H and O–H groups in total. The minimum absolute atomic E-state index is 0.0532. The fraction of sp³-hybridized carbons (Fsp3) is 0.571. The lowest BCUT2D eigenvalue weighted by atomic mass is 9.91. The molecule has 0 saturated heterocycles. The van der Waals surface area contributed by atoms with Gasteiger partial charge >= 0.3 is 0 Å². The second-order valence-electron chi connectivity index (χ2n) is 2.91. The van der Waals surface area contributed by atoms with E-state index in [0.29, 0.717) is 0 Å². The molecule has 0 aromatic carbocycles. The van der Waals surface area contributed by atoms with Crippen molar-refractivity contribution < 1.29 is 4.79 Å². The molecule has 0 aromatic heterocycles. The fourth-order valence-electron chi connectivity index (χ4n) is 0.307. The van der Waals surface area contributed by atoms with Crippen LogP contribution >= 0.6 is 11.6 Å². The Morgan fingerprint density at radius 1 is 1.44 bits per heavy atom. The summed E-state index contributed by atoms with van der Waals surface area (Å²) >= 11 is 5.20. The van der Waals surface area contributed by atoms with Gasteiger partial charge in [-0.15, -0.1) is 0 Å². The standard InChI is InChI=1S/C7H11ClO/c1-7(2,3)6(9)4-5-8/h4-5H,1-3H3/b5-4-. The molecular formula is C7H11ClO. The summed E-state index contributed by atoms with van der Waals surface area (Å²) < 4.78 is 0. The topological polar surface area (TPSA) is 17.1 Å². The second kappa shape index (κ2) is 3.02. The average Bonchev–Trinajstić information content (AvgIpc) is 1.64. The van der Waals surface area contributed by atoms with Crippen molar-refractivity contribution in [3.8, 4) is 0 Å². The minimum Gasteiger partial charge on any atom is -0.294 e. The molecule has 0 fully saturated rings. The number of allylic oxidation sites excluding steroid dienone is 1. The molecule has 0 aromatic rings. The molecule has 0 aliphatic carbocycles. The molecule has 0 rings (SSSR count). The van der Waals surface area contributed by atoms with Gasteiger partial charge in [-0.2, -0.15) is 0 Å². The summed E-state index contributed by atoms with van der Waals surface area (Å²) in [5, 5.41) is 0. The molecule has 0 aliphatic heterocycles. The first-order valence-corrected chi connectivity index (χ1v) is 3.23. The largest absolute Gasteiger partial charge is 0.294 e. The highest BCUT2D eigenvalue weighted by Gasteiger charge is 2.17. The molecule has 0 atom stereocenters.